The van der Waals surface area contributed by atoms with E-state index in [4.69, 9.17) is 17.3 Å². The first-order valence-corrected chi connectivity index (χ1v) is 7.13. The van der Waals surface area contributed by atoms with Gasteiger partial charge >= 0.3 is 0 Å². The number of halogens is 2. The Hall–Kier alpha value is -1.91. The lowest BCUT2D eigenvalue weighted by Crippen LogP contribution is -2.02. The summed E-state index contributed by atoms with van der Waals surface area (Å²) in [5, 5.41) is 1.52. The van der Waals surface area contributed by atoms with Crippen LogP contribution < -0.4 is 5.73 Å². The zero-order valence-corrected chi connectivity index (χ0v) is 12.1. The van der Waals surface area contributed by atoms with Gasteiger partial charge in [0.15, 0.2) is 0 Å². The molecule has 3 rings (SSSR count). The molecular formula is C16H15ClFN3. The molecule has 0 aliphatic rings. The maximum absolute atomic E-state index is 13.1. The molecule has 2 N–H and O–H groups in total. The summed E-state index contributed by atoms with van der Waals surface area (Å²) in [5.41, 5.74) is 8.58. The summed E-state index contributed by atoms with van der Waals surface area (Å²) >= 11 is 6.10. The molecule has 2 aromatic heterocycles. The largest absolute Gasteiger partial charge is 0.330 e. The molecule has 108 valence electrons. The van der Waals surface area contributed by atoms with Gasteiger partial charge in [0.25, 0.3) is 0 Å². The monoisotopic (exact) mass is 303 g/mol. The van der Waals surface area contributed by atoms with Crippen LogP contribution in [-0.4, -0.2) is 16.1 Å². The highest BCUT2D eigenvalue weighted by atomic mass is 35.5. The lowest BCUT2D eigenvalue weighted by atomic mass is 10.2. The van der Waals surface area contributed by atoms with Gasteiger partial charge in [-0.25, -0.2) is 9.37 Å². The summed E-state index contributed by atoms with van der Waals surface area (Å²) < 4.78 is 15.2. The number of rotatable bonds is 4. The van der Waals surface area contributed by atoms with Crippen molar-refractivity contribution in [2.75, 3.05) is 6.54 Å². The van der Waals surface area contributed by atoms with Crippen molar-refractivity contribution in [2.45, 2.75) is 13.0 Å². The molecule has 3 nitrogen and oxygen atoms in total. The standard InChI is InChI=1S/C16H15ClFN3/c17-15-8-13(18)4-3-12(15)10-21-9-11(5-6-19)14-2-1-7-20-16(14)21/h1-4,7-9H,5-6,10,19H2. The number of hydrogen-bond acceptors (Lipinski definition) is 2. The van der Waals surface area contributed by atoms with E-state index in [1.165, 1.54) is 17.7 Å². The molecule has 0 radical (unpaired) electrons. The van der Waals surface area contributed by atoms with E-state index in [9.17, 15) is 4.39 Å². The fourth-order valence-electron chi connectivity index (χ4n) is 2.50. The molecule has 0 unspecified atom stereocenters. The number of aromatic nitrogens is 2. The van der Waals surface area contributed by atoms with Crippen molar-refractivity contribution < 1.29 is 4.39 Å². The highest BCUT2D eigenvalue weighted by Gasteiger charge is 2.10. The minimum absolute atomic E-state index is 0.331. The van der Waals surface area contributed by atoms with Gasteiger partial charge in [-0.05, 0) is 48.4 Å². The fraction of sp³-hybridized carbons (Fsp3) is 0.188. The van der Waals surface area contributed by atoms with Crippen LogP contribution in [-0.2, 0) is 13.0 Å². The van der Waals surface area contributed by atoms with Gasteiger partial charge in [-0.1, -0.05) is 17.7 Å². The van der Waals surface area contributed by atoms with Crippen LogP contribution in [0.4, 0.5) is 4.39 Å². The minimum atomic E-state index is -0.331. The van der Waals surface area contributed by atoms with Crippen LogP contribution in [0.5, 0.6) is 0 Å². The summed E-state index contributed by atoms with van der Waals surface area (Å²) in [4.78, 5) is 4.43. The van der Waals surface area contributed by atoms with Crippen LogP contribution in [0, 0.1) is 5.82 Å². The third-order valence-electron chi connectivity index (χ3n) is 3.49. The second-order valence-electron chi connectivity index (χ2n) is 4.93. The van der Waals surface area contributed by atoms with Crippen molar-refractivity contribution >= 4 is 22.6 Å². The molecule has 0 amide bonds. The molecule has 0 fully saturated rings. The van der Waals surface area contributed by atoms with Crippen molar-refractivity contribution in [1.82, 2.24) is 9.55 Å². The molecule has 0 saturated carbocycles. The highest BCUT2D eigenvalue weighted by Crippen LogP contribution is 2.23. The summed E-state index contributed by atoms with van der Waals surface area (Å²) in [5.74, 6) is -0.331. The van der Waals surface area contributed by atoms with Crippen molar-refractivity contribution in [3.63, 3.8) is 0 Å². The lowest BCUT2D eigenvalue weighted by Gasteiger charge is -2.07. The third kappa shape index (κ3) is 2.77. The van der Waals surface area contributed by atoms with E-state index in [1.807, 2.05) is 22.9 Å². The van der Waals surface area contributed by atoms with E-state index in [0.717, 1.165) is 23.0 Å². The average molecular weight is 304 g/mol. The van der Waals surface area contributed by atoms with E-state index in [-0.39, 0.29) is 5.82 Å². The van der Waals surface area contributed by atoms with Gasteiger partial charge in [0.05, 0.1) is 6.54 Å². The van der Waals surface area contributed by atoms with Gasteiger partial charge in [-0.3, -0.25) is 0 Å². The fourth-order valence-corrected chi connectivity index (χ4v) is 2.73. The Balaban J connectivity index is 2.04. The molecule has 0 aliphatic heterocycles. The molecule has 3 aromatic rings. The Morgan fingerprint density at radius 3 is 2.86 bits per heavy atom. The normalized spacial score (nSPS) is 11.2. The molecule has 21 heavy (non-hydrogen) atoms. The number of fused-ring (bicyclic) bond motifs is 1. The van der Waals surface area contributed by atoms with E-state index in [0.29, 0.717) is 18.1 Å². The first-order chi connectivity index (χ1) is 10.2. The Labute approximate surface area is 127 Å². The first kappa shape index (κ1) is 14.0. The molecule has 2 heterocycles. The van der Waals surface area contributed by atoms with Gasteiger partial charge in [0.2, 0.25) is 0 Å². The second kappa shape index (κ2) is 5.84. The van der Waals surface area contributed by atoms with Crippen molar-refractivity contribution in [1.29, 1.82) is 0 Å². The van der Waals surface area contributed by atoms with Crippen LogP contribution in [0.2, 0.25) is 5.02 Å². The van der Waals surface area contributed by atoms with E-state index >= 15 is 0 Å². The number of hydrogen-bond donors (Lipinski definition) is 1. The lowest BCUT2D eigenvalue weighted by molar-refractivity contribution is 0.626. The van der Waals surface area contributed by atoms with Gasteiger partial charge < -0.3 is 10.3 Å². The molecule has 0 atom stereocenters. The molecule has 0 saturated heterocycles. The highest BCUT2D eigenvalue weighted by molar-refractivity contribution is 6.31. The van der Waals surface area contributed by atoms with Crippen LogP contribution in [0.15, 0.2) is 42.7 Å². The zero-order valence-electron chi connectivity index (χ0n) is 11.4. The van der Waals surface area contributed by atoms with Crippen molar-refractivity contribution in [2.24, 2.45) is 5.73 Å². The number of pyridine rings is 1. The number of benzene rings is 1. The van der Waals surface area contributed by atoms with Gasteiger partial charge in [-0.2, -0.15) is 0 Å². The van der Waals surface area contributed by atoms with Gasteiger partial charge in [-0.15, -0.1) is 0 Å². The summed E-state index contributed by atoms with van der Waals surface area (Å²) in [7, 11) is 0. The number of nitrogens with zero attached hydrogens (tertiary/aromatic N) is 2. The maximum Gasteiger partial charge on any atom is 0.140 e. The van der Waals surface area contributed by atoms with E-state index in [2.05, 4.69) is 4.98 Å². The average Bonchev–Trinajstić information content (AvgIpc) is 2.81. The van der Waals surface area contributed by atoms with Gasteiger partial charge in [0, 0.05) is 22.8 Å². The number of nitrogens with two attached hydrogens (primary N) is 1. The van der Waals surface area contributed by atoms with Crippen molar-refractivity contribution in [3.8, 4) is 0 Å². The molecule has 0 spiro atoms. The first-order valence-electron chi connectivity index (χ1n) is 6.76. The summed E-state index contributed by atoms with van der Waals surface area (Å²) in [6, 6.07) is 8.40. The summed E-state index contributed by atoms with van der Waals surface area (Å²) in [6.07, 6.45) is 4.61. The maximum atomic E-state index is 13.1. The predicted molar refractivity (Wildman–Crippen MR) is 83.0 cm³/mol. The van der Waals surface area contributed by atoms with Gasteiger partial charge in [0.1, 0.15) is 11.5 Å². The van der Waals surface area contributed by atoms with Crippen LogP contribution in [0.3, 0.4) is 0 Å². The minimum Gasteiger partial charge on any atom is -0.330 e. The second-order valence-corrected chi connectivity index (χ2v) is 5.34. The van der Waals surface area contributed by atoms with E-state index in [1.54, 1.807) is 12.3 Å². The smallest absolute Gasteiger partial charge is 0.140 e. The molecular weight excluding hydrogens is 289 g/mol. The van der Waals surface area contributed by atoms with Crippen LogP contribution >= 0.6 is 11.6 Å². The summed E-state index contributed by atoms with van der Waals surface area (Å²) in [6.45, 7) is 1.14. The topological polar surface area (TPSA) is 43.8 Å². The van der Waals surface area contributed by atoms with E-state index < -0.39 is 0 Å². The molecule has 0 bridgehead atoms. The quantitative estimate of drug-likeness (QED) is 0.803. The van der Waals surface area contributed by atoms with Crippen LogP contribution in [0.25, 0.3) is 11.0 Å². The third-order valence-corrected chi connectivity index (χ3v) is 3.84. The Bertz CT molecular complexity index is 782. The molecule has 5 heteroatoms. The predicted octanol–water partition coefficient (Wildman–Crippen LogP) is 3.38. The Kier molecular flexibility index (Phi) is 3.90. The SMILES string of the molecule is NCCc1cn(Cc2ccc(F)cc2Cl)c2ncccc12. The van der Waals surface area contributed by atoms with Crippen molar-refractivity contribution in [3.05, 3.63) is 64.7 Å². The van der Waals surface area contributed by atoms with Crippen LogP contribution in [0.1, 0.15) is 11.1 Å². The molecule has 1 aromatic carbocycles. The zero-order chi connectivity index (χ0) is 14.8. The Morgan fingerprint density at radius 2 is 2.10 bits per heavy atom. The Morgan fingerprint density at radius 1 is 1.24 bits per heavy atom. The molecule has 0 aliphatic carbocycles.